The summed E-state index contributed by atoms with van der Waals surface area (Å²) in [5.41, 5.74) is 2.75. The number of aromatic nitrogens is 2. The van der Waals surface area contributed by atoms with Crippen molar-refractivity contribution in [2.45, 2.75) is 52.7 Å². The van der Waals surface area contributed by atoms with E-state index in [1.165, 1.54) is 0 Å². The van der Waals surface area contributed by atoms with E-state index in [2.05, 4.69) is 30.2 Å². The lowest BCUT2D eigenvalue weighted by atomic mass is 9.94. The van der Waals surface area contributed by atoms with Crippen molar-refractivity contribution in [3.63, 3.8) is 0 Å². The van der Waals surface area contributed by atoms with Gasteiger partial charge < -0.3 is 14.8 Å². The van der Waals surface area contributed by atoms with Gasteiger partial charge in [0.15, 0.2) is 5.82 Å². The van der Waals surface area contributed by atoms with Crippen molar-refractivity contribution in [3.05, 3.63) is 65.5 Å². The zero-order valence-electron chi connectivity index (χ0n) is 18.7. The smallest absolute Gasteiger partial charge is 0.291 e. The molecular formula is C25H30N4O2. The minimum Gasteiger partial charge on any atom is -0.354 e. The Balaban J connectivity index is 1.74. The molecule has 2 aromatic carbocycles. The van der Waals surface area contributed by atoms with Gasteiger partial charge in [-0.2, -0.15) is 0 Å². The molecule has 0 radical (unpaired) electrons. The minimum absolute atomic E-state index is 0.127. The number of benzene rings is 2. The van der Waals surface area contributed by atoms with E-state index in [4.69, 9.17) is 0 Å². The van der Waals surface area contributed by atoms with Crippen LogP contribution in [0.4, 0.5) is 0 Å². The van der Waals surface area contributed by atoms with Gasteiger partial charge in [0.05, 0.1) is 17.6 Å². The molecule has 2 amide bonds. The van der Waals surface area contributed by atoms with Crippen LogP contribution in [0.2, 0.25) is 0 Å². The minimum atomic E-state index is -1.02. The van der Waals surface area contributed by atoms with Crippen molar-refractivity contribution >= 4 is 22.8 Å². The summed E-state index contributed by atoms with van der Waals surface area (Å²) < 4.78 is 1.90. The topological polar surface area (TPSA) is 67.2 Å². The van der Waals surface area contributed by atoms with Crippen molar-refractivity contribution in [2.24, 2.45) is 5.92 Å². The highest BCUT2D eigenvalue weighted by molar-refractivity contribution is 6.01. The first-order chi connectivity index (χ1) is 14.8. The monoisotopic (exact) mass is 418 g/mol. The molecule has 0 bridgehead atoms. The molecule has 4 rings (SSSR count). The number of fused-ring (bicyclic) bond motifs is 3. The molecule has 6 heteroatoms. The predicted octanol–water partition coefficient (Wildman–Crippen LogP) is 3.92. The first kappa shape index (κ1) is 21.1. The van der Waals surface area contributed by atoms with Crippen LogP contribution in [0, 0.1) is 12.8 Å². The van der Waals surface area contributed by atoms with Gasteiger partial charge in [-0.05, 0) is 43.9 Å². The second-order valence-electron chi connectivity index (χ2n) is 9.10. The van der Waals surface area contributed by atoms with Crippen molar-refractivity contribution < 1.29 is 9.59 Å². The molecule has 1 unspecified atom stereocenters. The maximum atomic E-state index is 13.6. The van der Waals surface area contributed by atoms with Crippen LogP contribution in [-0.2, 0) is 17.9 Å². The fourth-order valence-electron chi connectivity index (χ4n) is 4.24. The molecule has 2 heterocycles. The molecule has 1 atom stereocenters. The van der Waals surface area contributed by atoms with Crippen molar-refractivity contribution in [3.8, 4) is 0 Å². The summed E-state index contributed by atoms with van der Waals surface area (Å²) in [7, 11) is 0. The first-order valence-electron chi connectivity index (χ1n) is 10.9. The molecule has 31 heavy (non-hydrogen) atoms. The van der Waals surface area contributed by atoms with Gasteiger partial charge in [-0.15, -0.1) is 0 Å². The third-order valence-corrected chi connectivity index (χ3v) is 6.07. The summed E-state index contributed by atoms with van der Waals surface area (Å²) in [5.74, 6) is 0.540. The Hall–Kier alpha value is -3.15. The highest BCUT2D eigenvalue weighted by atomic mass is 16.2. The standard InChI is InChI=1S/C25H30N4O2/c1-17(2)12-13-26-24(31)25(4)16-28-21-11-6-5-10-20(21)27-22(28)23(30)29(25)15-19-9-7-8-18(3)14-19/h5-11,14,17H,12-13,15-16H2,1-4H3,(H,26,31). The van der Waals surface area contributed by atoms with Crippen LogP contribution in [-0.4, -0.2) is 38.3 Å². The van der Waals surface area contributed by atoms with Crippen LogP contribution in [0.25, 0.3) is 11.0 Å². The normalized spacial score (nSPS) is 18.5. The highest BCUT2D eigenvalue weighted by Gasteiger charge is 2.48. The molecule has 0 fully saturated rings. The number of para-hydroxylation sites is 2. The van der Waals surface area contributed by atoms with Gasteiger partial charge in [-0.1, -0.05) is 55.8 Å². The summed E-state index contributed by atoms with van der Waals surface area (Å²) in [6.07, 6.45) is 0.896. The number of hydrogen-bond donors (Lipinski definition) is 1. The summed E-state index contributed by atoms with van der Waals surface area (Å²) in [5, 5.41) is 3.08. The molecule has 1 N–H and O–H groups in total. The molecular weight excluding hydrogens is 388 g/mol. The molecule has 0 saturated carbocycles. The number of imidazole rings is 1. The molecule has 162 valence electrons. The molecule has 0 saturated heterocycles. The average molecular weight is 419 g/mol. The first-order valence-corrected chi connectivity index (χ1v) is 10.9. The number of carbonyl (C=O) groups excluding carboxylic acids is 2. The van der Waals surface area contributed by atoms with Crippen LogP contribution < -0.4 is 5.32 Å². The number of hydrogen-bond acceptors (Lipinski definition) is 3. The average Bonchev–Trinajstić information content (AvgIpc) is 3.09. The van der Waals surface area contributed by atoms with Gasteiger partial charge in [0.25, 0.3) is 5.91 Å². The summed E-state index contributed by atoms with van der Waals surface area (Å²) >= 11 is 0. The van der Waals surface area contributed by atoms with Gasteiger partial charge in [0.1, 0.15) is 5.54 Å². The fourth-order valence-corrected chi connectivity index (χ4v) is 4.24. The number of amides is 2. The Bertz CT molecular complexity index is 1130. The van der Waals surface area contributed by atoms with Crippen LogP contribution in [0.3, 0.4) is 0 Å². The number of nitrogens with zero attached hydrogens (tertiary/aromatic N) is 3. The molecule has 1 aromatic heterocycles. The van der Waals surface area contributed by atoms with E-state index >= 15 is 0 Å². The number of aryl methyl sites for hydroxylation is 1. The van der Waals surface area contributed by atoms with Crippen LogP contribution in [0.15, 0.2) is 48.5 Å². The molecule has 0 spiro atoms. The third-order valence-electron chi connectivity index (χ3n) is 6.07. The lowest BCUT2D eigenvalue weighted by Gasteiger charge is -2.43. The molecule has 1 aliphatic rings. The lowest BCUT2D eigenvalue weighted by molar-refractivity contribution is -0.133. The third kappa shape index (κ3) is 3.94. The lowest BCUT2D eigenvalue weighted by Crippen LogP contribution is -2.63. The van der Waals surface area contributed by atoms with Gasteiger partial charge >= 0.3 is 0 Å². The SMILES string of the molecule is Cc1cccc(CN2C(=O)c3nc4ccccc4n3CC2(C)C(=O)NCCC(C)C)c1. The van der Waals surface area contributed by atoms with Gasteiger partial charge in [0.2, 0.25) is 5.91 Å². The molecule has 0 aliphatic carbocycles. The summed E-state index contributed by atoms with van der Waals surface area (Å²) in [6, 6.07) is 15.8. The largest absolute Gasteiger partial charge is 0.354 e. The Labute approximate surface area is 183 Å². The predicted molar refractivity (Wildman–Crippen MR) is 122 cm³/mol. The summed E-state index contributed by atoms with van der Waals surface area (Å²) in [6.45, 7) is 9.47. The second-order valence-corrected chi connectivity index (χ2v) is 9.10. The summed E-state index contributed by atoms with van der Waals surface area (Å²) in [4.78, 5) is 33.4. The van der Waals surface area contributed by atoms with E-state index in [1.54, 1.807) is 4.90 Å². The van der Waals surface area contributed by atoms with Crippen molar-refractivity contribution in [1.29, 1.82) is 0 Å². The van der Waals surface area contributed by atoms with Crippen LogP contribution in [0.5, 0.6) is 0 Å². The highest BCUT2D eigenvalue weighted by Crippen LogP contribution is 2.32. The Kier molecular flexibility index (Phi) is 5.56. The number of nitrogens with one attached hydrogen (secondary N) is 1. The Morgan fingerprint density at radius 3 is 2.71 bits per heavy atom. The van der Waals surface area contributed by atoms with Gasteiger partial charge in [-0.3, -0.25) is 9.59 Å². The fraction of sp³-hybridized carbons (Fsp3) is 0.400. The van der Waals surface area contributed by atoms with E-state index in [-0.39, 0.29) is 11.8 Å². The zero-order chi connectivity index (χ0) is 22.2. The van der Waals surface area contributed by atoms with Crippen LogP contribution in [0.1, 0.15) is 48.9 Å². The van der Waals surface area contributed by atoms with Crippen LogP contribution >= 0.6 is 0 Å². The van der Waals surface area contributed by atoms with Crippen molar-refractivity contribution in [1.82, 2.24) is 19.8 Å². The maximum absolute atomic E-state index is 13.6. The van der Waals surface area contributed by atoms with E-state index in [9.17, 15) is 9.59 Å². The molecule has 6 nitrogen and oxygen atoms in total. The van der Waals surface area contributed by atoms with Crippen molar-refractivity contribution in [2.75, 3.05) is 6.54 Å². The molecule has 3 aromatic rings. The van der Waals surface area contributed by atoms with E-state index in [0.717, 1.165) is 28.6 Å². The van der Waals surface area contributed by atoms with E-state index in [1.807, 2.05) is 60.9 Å². The second kappa shape index (κ2) is 8.17. The quantitative estimate of drug-likeness (QED) is 0.660. The Morgan fingerprint density at radius 1 is 1.19 bits per heavy atom. The zero-order valence-corrected chi connectivity index (χ0v) is 18.7. The van der Waals surface area contributed by atoms with E-state index in [0.29, 0.717) is 31.4 Å². The van der Waals surface area contributed by atoms with Gasteiger partial charge in [-0.25, -0.2) is 4.98 Å². The maximum Gasteiger partial charge on any atom is 0.291 e. The molecule has 1 aliphatic heterocycles. The number of rotatable bonds is 6. The van der Waals surface area contributed by atoms with Gasteiger partial charge in [0, 0.05) is 13.1 Å². The number of carbonyl (C=O) groups is 2. The van der Waals surface area contributed by atoms with E-state index < -0.39 is 5.54 Å². The Morgan fingerprint density at radius 2 is 1.97 bits per heavy atom.